The van der Waals surface area contributed by atoms with E-state index in [0.29, 0.717) is 18.7 Å². The van der Waals surface area contributed by atoms with Crippen molar-refractivity contribution >= 4 is 16.8 Å². The van der Waals surface area contributed by atoms with E-state index in [2.05, 4.69) is 138 Å². The van der Waals surface area contributed by atoms with Gasteiger partial charge in [0.25, 0.3) is 0 Å². The second-order valence-electron chi connectivity index (χ2n) is 13.2. The number of aromatic hydroxyl groups is 1. The molecule has 1 N–H and O–H groups in total. The molecule has 0 aliphatic rings. The van der Waals surface area contributed by atoms with E-state index in [0.717, 1.165) is 68.0 Å². The SMILES string of the molecule is CC/C(=C(\c1ccccc1)c1ccc(OCCN(C)c2cccc(-c3cn(CCCCCn4ccc(=O)c(O)c4CC)nn3)c2)cc1)c1ccccc1. The summed E-state index contributed by atoms with van der Waals surface area (Å²) in [6.45, 7) is 6.98. The summed E-state index contributed by atoms with van der Waals surface area (Å²) in [5, 5.41) is 18.9. The number of hydrogen-bond donors (Lipinski definition) is 1. The minimum atomic E-state index is -0.319. The smallest absolute Gasteiger partial charge is 0.223 e. The summed E-state index contributed by atoms with van der Waals surface area (Å²) >= 11 is 0. The first-order valence-electron chi connectivity index (χ1n) is 18.6. The molecule has 0 bridgehead atoms. The Morgan fingerprint density at radius 2 is 1.49 bits per heavy atom. The first-order valence-corrected chi connectivity index (χ1v) is 18.6. The van der Waals surface area contributed by atoms with E-state index in [1.165, 1.54) is 33.9 Å². The van der Waals surface area contributed by atoms with Gasteiger partial charge in [-0.25, -0.2) is 0 Å². The standard InChI is InChI=1S/C45H49N5O3/c1-4-40(34-16-9-6-10-17-34)44(35-18-11-7-12-19-35)36-22-24-39(25-23-36)53-31-30-48(3)38-21-15-20-37(32-38)41-33-50(47-46-41)28-14-8-13-27-49-29-26-43(51)45(52)42(49)5-2/h6-7,9-12,15-26,29,32-33,52H,4-5,8,13-14,27-28,30-31H2,1-3H3/b44-40-. The Hall–Kier alpha value is -5.89. The van der Waals surface area contributed by atoms with Crippen LogP contribution < -0.4 is 15.1 Å². The van der Waals surface area contributed by atoms with Crippen molar-refractivity contribution < 1.29 is 9.84 Å². The molecule has 6 aromatic rings. The number of aryl methyl sites for hydroxylation is 2. The van der Waals surface area contributed by atoms with E-state index >= 15 is 0 Å². The molecule has 0 atom stereocenters. The average Bonchev–Trinajstić information content (AvgIpc) is 3.68. The molecule has 0 fully saturated rings. The van der Waals surface area contributed by atoms with Crippen molar-refractivity contribution in [3.05, 3.63) is 160 Å². The fraction of sp³-hybridized carbons (Fsp3) is 0.267. The summed E-state index contributed by atoms with van der Waals surface area (Å²) in [7, 11) is 2.08. The average molecular weight is 708 g/mol. The highest BCUT2D eigenvalue weighted by Gasteiger charge is 2.14. The van der Waals surface area contributed by atoms with Crippen LogP contribution in [0.1, 0.15) is 61.9 Å². The normalized spacial score (nSPS) is 11.7. The fourth-order valence-electron chi connectivity index (χ4n) is 6.79. The van der Waals surface area contributed by atoms with Gasteiger partial charge in [0, 0.05) is 43.7 Å². The Morgan fingerprint density at radius 1 is 0.792 bits per heavy atom. The zero-order valence-corrected chi connectivity index (χ0v) is 31.0. The van der Waals surface area contributed by atoms with E-state index in [9.17, 15) is 9.90 Å². The van der Waals surface area contributed by atoms with Crippen LogP contribution in [0.5, 0.6) is 11.5 Å². The third-order valence-corrected chi connectivity index (χ3v) is 9.68. The van der Waals surface area contributed by atoms with Crippen LogP contribution in [0.15, 0.2) is 132 Å². The monoisotopic (exact) mass is 707 g/mol. The molecule has 0 unspecified atom stereocenters. The quantitative estimate of drug-likeness (QED) is 0.0752. The Bertz CT molecular complexity index is 2150. The molecule has 0 aliphatic carbocycles. The van der Waals surface area contributed by atoms with Crippen LogP contribution in [-0.2, 0) is 19.5 Å². The summed E-state index contributed by atoms with van der Waals surface area (Å²) in [6, 6.07) is 39.5. The number of rotatable bonds is 17. The molecule has 0 amide bonds. The molecule has 4 aromatic carbocycles. The molecule has 2 aromatic heterocycles. The van der Waals surface area contributed by atoms with Gasteiger partial charge in [-0.05, 0) is 84.2 Å². The van der Waals surface area contributed by atoms with Gasteiger partial charge >= 0.3 is 0 Å². The number of allylic oxidation sites excluding steroid dienone is 1. The number of unbranched alkanes of at least 4 members (excludes halogenated alkanes) is 2. The Labute approximate surface area is 312 Å². The number of anilines is 1. The lowest BCUT2D eigenvalue weighted by Gasteiger charge is -2.20. The Balaban J connectivity index is 1.01. The van der Waals surface area contributed by atoms with E-state index < -0.39 is 0 Å². The number of hydrogen-bond acceptors (Lipinski definition) is 6. The van der Waals surface area contributed by atoms with Crippen molar-refractivity contribution in [3.8, 4) is 22.8 Å². The van der Waals surface area contributed by atoms with Crippen molar-refractivity contribution in [1.29, 1.82) is 0 Å². The molecule has 0 saturated heterocycles. The molecule has 53 heavy (non-hydrogen) atoms. The van der Waals surface area contributed by atoms with Crippen LogP contribution in [0.3, 0.4) is 0 Å². The summed E-state index contributed by atoms with van der Waals surface area (Å²) in [5.74, 6) is 0.713. The Kier molecular flexibility index (Phi) is 12.6. The first-order chi connectivity index (χ1) is 25.9. The summed E-state index contributed by atoms with van der Waals surface area (Å²) in [4.78, 5) is 13.9. The predicted octanol–water partition coefficient (Wildman–Crippen LogP) is 9.13. The number of ether oxygens (including phenoxy) is 1. The van der Waals surface area contributed by atoms with Crippen molar-refractivity contribution in [2.45, 2.75) is 59.0 Å². The lowest BCUT2D eigenvalue weighted by Crippen LogP contribution is -2.23. The van der Waals surface area contributed by atoms with Gasteiger partial charge in [0.2, 0.25) is 5.43 Å². The number of likely N-dealkylation sites (N-methyl/N-ethyl adjacent to an activating group) is 1. The van der Waals surface area contributed by atoms with Gasteiger partial charge in [-0.15, -0.1) is 5.10 Å². The lowest BCUT2D eigenvalue weighted by atomic mass is 9.88. The van der Waals surface area contributed by atoms with Crippen LogP contribution in [0, 0.1) is 0 Å². The van der Waals surface area contributed by atoms with E-state index in [1.54, 1.807) is 6.20 Å². The summed E-state index contributed by atoms with van der Waals surface area (Å²) in [6.07, 6.45) is 8.22. The van der Waals surface area contributed by atoms with Crippen molar-refractivity contribution in [3.63, 3.8) is 0 Å². The highest BCUT2D eigenvalue weighted by molar-refractivity contribution is 5.98. The minimum Gasteiger partial charge on any atom is -0.503 e. The summed E-state index contributed by atoms with van der Waals surface area (Å²) in [5.41, 5.74) is 9.51. The van der Waals surface area contributed by atoms with Gasteiger partial charge in [-0.1, -0.05) is 104 Å². The van der Waals surface area contributed by atoms with Crippen LogP contribution in [0.4, 0.5) is 5.69 Å². The van der Waals surface area contributed by atoms with Crippen molar-refractivity contribution in [2.75, 3.05) is 25.1 Å². The molecule has 0 spiro atoms. The third kappa shape index (κ3) is 9.32. The van der Waals surface area contributed by atoms with Gasteiger partial charge in [0.1, 0.15) is 18.1 Å². The van der Waals surface area contributed by atoms with E-state index in [1.807, 2.05) is 22.4 Å². The minimum absolute atomic E-state index is 0.133. The molecule has 0 saturated carbocycles. The zero-order valence-electron chi connectivity index (χ0n) is 31.0. The van der Waals surface area contributed by atoms with E-state index in [-0.39, 0.29) is 11.2 Å². The van der Waals surface area contributed by atoms with Crippen LogP contribution in [0.2, 0.25) is 0 Å². The predicted molar refractivity (Wildman–Crippen MR) is 215 cm³/mol. The first kappa shape index (κ1) is 36.9. The van der Waals surface area contributed by atoms with Gasteiger partial charge in [0.15, 0.2) is 5.75 Å². The maximum atomic E-state index is 11.8. The maximum Gasteiger partial charge on any atom is 0.223 e. The number of aromatic nitrogens is 4. The molecular formula is C45H49N5O3. The molecule has 8 heteroatoms. The van der Waals surface area contributed by atoms with Gasteiger partial charge in [-0.2, -0.15) is 0 Å². The fourth-order valence-corrected chi connectivity index (χ4v) is 6.79. The van der Waals surface area contributed by atoms with Crippen molar-refractivity contribution in [1.82, 2.24) is 19.6 Å². The second-order valence-corrected chi connectivity index (χ2v) is 13.2. The van der Waals surface area contributed by atoms with Gasteiger partial charge in [0.05, 0.1) is 18.4 Å². The molecular weight excluding hydrogens is 659 g/mol. The van der Waals surface area contributed by atoms with Crippen LogP contribution in [0.25, 0.3) is 22.4 Å². The van der Waals surface area contributed by atoms with Gasteiger partial charge < -0.3 is 19.3 Å². The highest BCUT2D eigenvalue weighted by Crippen LogP contribution is 2.35. The highest BCUT2D eigenvalue weighted by atomic mass is 16.5. The third-order valence-electron chi connectivity index (χ3n) is 9.68. The van der Waals surface area contributed by atoms with Crippen molar-refractivity contribution in [2.24, 2.45) is 0 Å². The second kappa shape index (κ2) is 18.0. The van der Waals surface area contributed by atoms with E-state index in [4.69, 9.17) is 4.74 Å². The summed E-state index contributed by atoms with van der Waals surface area (Å²) < 4.78 is 10.1. The Morgan fingerprint density at radius 3 is 2.21 bits per heavy atom. The molecule has 272 valence electrons. The topological polar surface area (TPSA) is 85.4 Å². The number of pyridine rings is 1. The molecule has 8 nitrogen and oxygen atoms in total. The van der Waals surface area contributed by atoms with Crippen LogP contribution >= 0.6 is 0 Å². The molecule has 0 aliphatic heterocycles. The lowest BCUT2D eigenvalue weighted by molar-refractivity contribution is 0.326. The van der Waals surface area contributed by atoms with Gasteiger partial charge in [-0.3, -0.25) is 9.48 Å². The van der Waals surface area contributed by atoms with Crippen LogP contribution in [-0.4, -0.2) is 44.9 Å². The molecule has 0 radical (unpaired) electrons. The largest absolute Gasteiger partial charge is 0.503 e. The number of nitrogens with zero attached hydrogens (tertiary/aromatic N) is 5. The maximum absolute atomic E-state index is 11.8. The molecule has 6 rings (SSSR count). The molecule has 2 heterocycles. The number of benzene rings is 4. The zero-order chi connectivity index (χ0) is 37.0.